The van der Waals surface area contributed by atoms with E-state index in [2.05, 4.69) is 4.98 Å². The molecule has 0 N–H and O–H groups in total. The third-order valence-corrected chi connectivity index (χ3v) is 3.27. The van der Waals surface area contributed by atoms with Crippen molar-refractivity contribution in [3.63, 3.8) is 0 Å². The summed E-state index contributed by atoms with van der Waals surface area (Å²) in [6.07, 6.45) is -2.95. The van der Waals surface area contributed by atoms with Gasteiger partial charge in [0.15, 0.2) is 5.03 Å². The van der Waals surface area contributed by atoms with Gasteiger partial charge in [-0.25, -0.2) is 22.2 Å². The summed E-state index contributed by atoms with van der Waals surface area (Å²) in [5.74, 6) is 0. The van der Waals surface area contributed by atoms with E-state index in [1.165, 1.54) is 6.92 Å². The first-order chi connectivity index (χ1) is 6.73. The van der Waals surface area contributed by atoms with Gasteiger partial charge in [-0.1, -0.05) is 11.6 Å². The van der Waals surface area contributed by atoms with Crippen molar-refractivity contribution in [2.45, 2.75) is 18.4 Å². The summed E-state index contributed by atoms with van der Waals surface area (Å²) in [5, 5.41) is -0.879. The van der Waals surface area contributed by atoms with Gasteiger partial charge in [0, 0.05) is 10.7 Å². The first-order valence-electron chi connectivity index (χ1n) is 3.63. The SMILES string of the molecule is Cc1cc(S(=O)(=O)Cl)nc(C(F)F)c1Cl. The van der Waals surface area contributed by atoms with Gasteiger partial charge < -0.3 is 0 Å². The largest absolute Gasteiger partial charge is 0.281 e. The molecule has 15 heavy (non-hydrogen) atoms. The van der Waals surface area contributed by atoms with E-state index in [4.69, 9.17) is 22.3 Å². The predicted octanol–water partition coefficient (Wildman–Crippen LogP) is 2.91. The first-order valence-corrected chi connectivity index (χ1v) is 6.32. The highest BCUT2D eigenvalue weighted by Crippen LogP contribution is 2.30. The molecule has 0 aliphatic rings. The second-order valence-corrected chi connectivity index (χ2v) is 5.61. The summed E-state index contributed by atoms with van der Waals surface area (Å²) in [6.45, 7) is 1.39. The van der Waals surface area contributed by atoms with Crippen LogP contribution in [0, 0.1) is 6.92 Å². The Kier molecular flexibility index (Phi) is 3.52. The normalized spacial score (nSPS) is 12.1. The highest BCUT2D eigenvalue weighted by Gasteiger charge is 2.21. The van der Waals surface area contributed by atoms with Crippen LogP contribution < -0.4 is 0 Å². The van der Waals surface area contributed by atoms with Crippen LogP contribution in [0.2, 0.25) is 5.02 Å². The quantitative estimate of drug-likeness (QED) is 0.780. The van der Waals surface area contributed by atoms with Crippen LogP contribution in [0.25, 0.3) is 0 Å². The molecule has 0 amide bonds. The molecule has 0 aliphatic heterocycles. The highest BCUT2D eigenvalue weighted by molar-refractivity contribution is 8.13. The zero-order valence-corrected chi connectivity index (χ0v) is 9.67. The lowest BCUT2D eigenvalue weighted by Crippen LogP contribution is -2.02. The zero-order chi connectivity index (χ0) is 11.8. The van der Waals surface area contributed by atoms with Crippen molar-refractivity contribution in [2.24, 2.45) is 0 Å². The zero-order valence-electron chi connectivity index (χ0n) is 7.34. The second-order valence-electron chi connectivity index (χ2n) is 2.72. The Morgan fingerprint density at radius 2 is 2.00 bits per heavy atom. The number of rotatable bonds is 2. The highest BCUT2D eigenvalue weighted by atomic mass is 35.7. The number of pyridine rings is 1. The fourth-order valence-electron chi connectivity index (χ4n) is 0.920. The summed E-state index contributed by atoms with van der Waals surface area (Å²) in [6, 6.07) is 1.04. The van der Waals surface area contributed by atoms with Gasteiger partial charge in [0.1, 0.15) is 5.69 Å². The van der Waals surface area contributed by atoms with E-state index in [0.717, 1.165) is 6.07 Å². The molecule has 0 spiro atoms. The molecule has 1 heterocycles. The molecule has 8 heteroatoms. The number of hydrogen-bond donors (Lipinski definition) is 0. The first kappa shape index (κ1) is 12.6. The predicted molar refractivity (Wildman–Crippen MR) is 52.0 cm³/mol. The van der Waals surface area contributed by atoms with Gasteiger partial charge in [0.25, 0.3) is 15.5 Å². The van der Waals surface area contributed by atoms with Crippen molar-refractivity contribution in [3.05, 3.63) is 22.3 Å². The molecule has 0 saturated heterocycles. The Bertz CT molecular complexity index is 490. The molecule has 1 aromatic rings. The minimum absolute atomic E-state index is 0.182. The molecule has 0 aliphatic carbocycles. The van der Waals surface area contributed by atoms with Crippen molar-refractivity contribution >= 4 is 31.3 Å². The van der Waals surface area contributed by atoms with Gasteiger partial charge >= 0.3 is 0 Å². The van der Waals surface area contributed by atoms with Crippen LogP contribution in [0.3, 0.4) is 0 Å². The summed E-state index contributed by atoms with van der Waals surface area (Å²) in [7, 11) is 0.852. The molecule has 1 aromatic heterocycles. The maximum Gasteiger partial charge on any atom is 0.281 e. The minimum atomic E-state index is -4.13. The summed E-state index contributed by atoms with van der Waals surface area (Å²) >= 11 is 5.53. The van der Waals surface area contributed by atoms with Crippen molar-refractivity contribution in [1.82, 2.24) is 4.98 Å². The summed E-state index contributed by atoms with van der Waals surface area (Å²) < 4.78 is 46.6. The van der Waals surface area contributed by atoms with Crippen LogP contribution in [0.15, 0.2) is 11.1 Å². The lowest BCUT2D eigenvalue weighted by Gasteiger charge is -2.06. The third-order valence-electron chi connectivity index (χ3n) is 1.60. The average Bonchev–Trinajstić information content (AvgIpc) is 2.06. The van der Waals surface area contributed by atoms with Crippen molar-refractivity contribution in [3.8, 4) is 0 Å². The molecule has 0 atom stereocenters. The smallest absolute Gasteiger partial charge is 0.232 e. The number of aryl methyl sites for hydroxylation is 1. The Balaban J connectivity index is 3.50. The van der Waals surface area contributed by atoms with E-state index in [1.807, 2.05) is 0 Å². The van der Waals surface area contributed by atoms with Crippen LogP contribution >= 0.6 is 22.3 Å². The van der Waals surface area contributed by atoms with Gasteiger partial charge in [-0.05, 0) is 18.6 Å². The van der Waals surface area contributed by atoms with E-state index in [1.54, 1.807) is 0 Å². The number of hydrogen-bond acceptors (Lipinski definition) is 3. The number of alkyl halides is 2. The molecular weight excluding hydrogens is 271 g/mol. The Morgan fingerprint density at radius 1 is 1.47 bits per heavy atom. The molecule has 0 radical (unpaired) electrons. The maximum atomic E-state index is 12.4. The maximum absolute atomic E-state index is 12.4. The molecule has 0 saturated carbocycles. The average molecular weight is 276 g/mol. The lowest BCUT2D eigenvalue weighted by atomic mass is 10.2. The van der Waals surface area contributed by atoms with Crippen molar-refractivity contribution in [2.75, 3.05) is 0 Å². The van der Waals surface area contributed by atoms with Crippen LogP contribution in [0.1, 0.15) is 17.7 Å². The minimum Gasteiger partial charge on any atom is -0.232 e. The number of halogens is 4. The number of nitrogens with zero attached hydrogens (tertiary/aromatic N) is 1. The van der Waals surface area contributed by atoms with Gasteiger partial charge in [0.2, 0.25) is 0 Å². The van der Waals surface area contributed by atoms with Crippen LogP contribution in [0.5, 0.6) is 0 Å². The van der Waals surface area contributed by atoms with E-state index in [-0.39, 0.29) is 10.6 Å². The third kappa shape index (κ3) is 2.76. The van der Waals surface area contributed by atoms with Gasteiger partial charge in [-0.15, -0.1) is 0 Å². The number of aromatic nitrogens is 1. The molecule has 0 fully saturated rings. The van der Waals surface area contributed by atoms with Crippen LogP contribution in [-0.2, 0) is 9.05 Å². The molecule has 0 aromatic carbocycles. The fraction of sp³-hybridized carbons (Fsp3) is 0.286. The van der Waals surface area contributed by atoms with Crippen LogP contribution in [-0.4, -0.2) is 13.4 Å². The standard InChI is InChI=1S/C7H5Cl2F2NO2S/c1-3-2-4(15(9,13)14)12-6(5(3)8)7(10)11/h2,7H,1H3. The molecular formula is C7H5Cl2F2NO2S. The van der Waals surface area contributed by atoms with Gasteiger partial charge in [-0.3, -0.25) is 0 Å². The fourth-order valence-corrected chi connectivity index (χ4v) is 1.86. The van der Waals surface area contributed by atoms with Crippen molar-refractivity contribution in [1.29, 1.82) is 0 Å². The molecule has 3 nitrogen and oxygen atoms in total. The lowest BCUT2D eigenvalue weighted by molar-refractivity contribution is 0.145. The summed E-state index contributed by atoms with van der Waals surface area (Å²) in [4.78, 5) is 3.20. The Morgan fingerprint density at radius 3 is 2.40 bits per heavy atom. The molecule has 0 unspecified atom stereocenters. The monoisotopic (exact) mass is 275 g/mol. The van der Waals surface area contributed by atoms with Gasteiger partial charge in [0.05, 0.1) is 5.02 Å². The second kappa shape index (κ2) is 4.19. The van der Waals surface area contributed by atoms with E-state index in [0.29, 0.717) is 0 Å². The topological polar surface area (TPSA) is 47.0 Å². The Labute approximate surface area is 94.4 Å². The Hall–Kier alpha value is -0.460. The van der Waals surface area contributed by atoms with Gasteiger partial charge in [-0.2, -0.15) is 0 Å². The summed E-state index contributed by atoms with van der Waals surface area (Å²) in [5.41, 5.74) is -0.600. The molecule has 1 rings (SSSR count). The molecule has 0 bridgehead atoms. The van der Waals surface area contributed by atoms with E-state index in [9.17, 15) is 17.2 Å². The van der Waals surface area contributed by atoms with Crippen molar-refractivity contribution < 1.29 is 17.2 Å². The van der Waals surface area contributed by atoms with Crippen LogP contribution in [0.4, 0.5) is 8.78 Å². The van der Waals surface area contributed by atoms with E-state index >= 15 is 0 Å². The molecule has 84 valence electrons. The van der Waals surface area contributed by atoms with E-state index < -0.39 is 26.2 Å².